The van der Waals surface area contributed by atoms with Crippen LogP contribution in [0, 0.1) is 10.8 Å². The lowest BCUT2D eigenvalue weighted by Crippen LogP contribution is -2.16. The van der Waals surface area contributed by atoms with Crippen molar-refractivity contribution in [2.24, 2.45) is 0 Å². The summed E-state index contributed by atoms with van der Waals surface area (Å²) < 4.78 is 19.8. The number of hydrogen-bond acceptors (Lipinski definition) is 2. The molecule has 0 spiro atoms. The summed E-state index contributed by atoms with van der Waals surface area (Å²) in [5, 5.41) is 2.11. The fourth-order valence-electron chi connectivity index (χ4n) is 0.195. The lowest BCUT2D eigenvalue weighted by molar-refractivity contribution is 0.548. The lowest BCUT2D eigenvalue weighted by atomic mass is 11.4. The molecule has 0 aromatic carbocycles. The van der Waals surface area contributed by atoms with Crippen molar-refractivity contribution in [1.82, 2.24) is 0 Å². The zero-order chi connectivity index (χ0) is 7.49. The van der Waals surface area contributed by atoms with E-state index in [9.17, 15) is 8.76 Å². The average molecular weight is 161 g/mol. The molecule has 0 saturated heterocycles. The van der Waals surface area contributed by atoms with Crippen LogP contribution in [0.25, 0.3) is 0 Å². The van der Waals surface area contributed by atoms with E-state index >= 15 is 0 Å². The highest BCUT2D eigenvalue weighted by Crippen LogP contribution is 1.95. The quantitative estimate of drug-likeness (QED) is 0.298. The Hall–Kier alpha value is -0.113. The number of rotatable bonds is 0. The van der Waals surface area contributed by atoms with Gasteiger partial charge in [0.15, 0.2) is 0 Å². The molecule has 0 aliphatic heterocycles. The van der Waals surface area contributed by atoms with Gasteiger partial charge in [-0.2, -0.15) is 0 Å². The molecular weight excluding hydrogens is 152 g/mol. The van der Waals surface area contributed by atoms with Crippen LogP contribution in [0.3, 0.4) is 0 Å². The second-order valence-electron chi connectivity index (χ2n) is 2.71. The van der Waals surface area contributed by atoms with E-state index in [1.54, 1.807) is 0 Å². The Morgan fingerprint density at radius 3 is 2.00 bits per heavy atom. The molecule has 52 valence electrons. The van der Waals surface area contributed by atoms with Gasteiger partial charge in [0.1, 0.15) is 8.07 Å². The van der Waals surface area contributed by atoms with Gasteiger partial charge in [-0.1, -0.05) is 19.6 Å². The molecule has 0 amide bonds. The van der Waals surface area contributed by atoms with Gasteiger partial charge in [-0.05, 0) is 5.25 Å². The van der Waals surface area contributed by atoms with Crippen molar-refractivity contribution in [3.63, 3.8) is 0 Å². The van der Waals surface area contributed by atoms with Gasteiger partial charge in [0, 0.05) is 11.1 Å². The monoisotopic (exact) mass is 161 g/mol. The molecule has 0 aromatic heterocycles. The van der Waals surface area contributed by atoms with E-state index in [0.29, 0.717) is 0 Å². The van der Waals surface area contributed by atoms with E-state index in [2.05, 4.69) is 10.8 Å². The summed E-state index contributed by atoms with van der Waals surface area (Å²) in [5.74, 6) is 0. The van der Waals surface area contributed by atoms with Gasteiger partial charge < -0.3 is 4.55 Å². The third-order valence-corrected chi connectivity index (χ3v) is 1.83. The van der Waals surface area contributed by atoms with Gasteiger partial charge in [-0.15, -0.1) is 5.54 Å². The molecule has 1 unspecified atom stereocenters. The molecule has 0 aliphatic rings. The SMILES string of the molecule is C[Si](C)(C)C#CS(=O)[O-]. The van der Waals surface area contributed by atoms with Crippen LogP contribution in [0.15, 0.2) is 0 Å². The Labute approximate surface area is 59.0 Å². The van der Waals surface area contributed by atoms with Gasteiger partial charge in [0.2, 0.25) is 0 Å². The molecule has 0 radical (unpaired) electrons. The zero-order valence-electron chi connectivity index (χ0n) is 5.72. The maximum Gasteiger partial charge on any atom is 0.130 e. The first-order valence-electron chi connectivity index (χ1n) is 2.54. The summed E-state index contributed by atoms with van der Waals surface area (Å²) in [4.78, 5) is 0. The fourth-order valence-corrected chi connectivity index (χ4v) is 1.75. The summed E-state index contributed by atoms with van der Waals surface area (Å²) in [6.07, 6.45) is 0. The van der Waals surface area contributed by atoms with E-state index < -0.39 is 19.2 Å². The molecule has 0 rings (SSSR count). The second kappa shape index (κ2) is 3.16. The molecule has 0 aliphatic carbocycles. The standard InChI is InChI=1S/C5H10O2SSi/c1-9(2,3)5-4-8(6)7/h1-3H3,(H,6,7)/p-1. The van der Waals surface area contributed by atoms with E-state index in [-0.39, 0.29) is 0 Å². The molecule has 0 aromatic rings. The first kappa shape index (κ1) is 8.89. The molecule has 0 saturated carbocycles. The van der Waals surface area contributed by atoms with Crippen LogP contribution in [-0.2, 0) is 11.1 Å². The summed E-state index contributed by atoms with van der Waals surface area (Å²) in [6, 6.07) is 0. The Kier molecular flexibility index (Phi) is 3.12. The maximum absolute atomic E-state index is 9.89. The highest BCUT2D eigenvalue weighted by atomic mass is 32.2. The zero-order valence-corrected chi connectivity index (χ0v) is 7.54. The molecule has 2 nitrogen and oxygen atoms in total. The van der Waals surface area contributed by atoms with Crippen LogP contribution in [0.4, 0.5) is 0 Å². The van der Waals surface area contributed by atoms with Crippen molar-refractivity contribution >= 4 is 19.2 Å². The molecule has 1 atom stereocenters. The third-order valence-electron chi connectivity index (χ3n) is 0.509. The van der Waals surface area contributed by atoms with Gasteiger partial charge in [0.25, 0.3) is 0 Å². The van der Waals surface area contributed by atoms with Crippen LogP contribution >= 0.6 is 0 Å². The first-order valence-corrected chi connectivity index (χ1v) is 7.11. The average Bonchev–Trinajstić information content (AvgIpc) is 1.59. The predicted octanol–water partition coefficient (Wildman–Crippen LogP) is 0.704. The van der Waals surface area contributed by atoms with Crippen molar-refractivity contribution in [3.8, 4) is 10.8 Å². The number of hydrogen-bond donors (Lipinski definition) is 0. The minimum Gasteiger partial charge on any atom is -0.762 e. The van der Waals surface area contributed by atoms with Gasteiger partial charge in [-0.3, -0.25) is 4.21 Å². The lowest BCUT2D eigenvalue weighted by Gasteiger charge is -2.03. The van der Waals surface area contributed by atoms with E-state index in [0.717, 1.165) is 0 Å². The van der Waals surface area contributed by atoms with Crippen LogP contribution in [0.2, 0.25) is 19.6 Å². The molecule has 0 N–H and O–H groups in total. The van der Waals surface area contributed by atoms with Crippen LogP contribution in [-0.4, -0.2) is 16.8 Å². The predicted molar refractivity (Wildman–Crippen MR) is 40.0 cm³/mol. The summed E-state index contributed by atoms with van der Waals surface area (Å²) >= 11 is -2.19. The molecular formula is C5H9O2SSi-. The molecule has 0 bridgehead atoms. The second-order valence-corrected chi connectivity index (χ2v) is 8.14. The highest BCUT2D eigenvalue weighted by Gasteiger charge is 2.06. The van der Waals surface area contributed by atoms with Gasteiger partial charge >= 0.3 is 0 Å². The maximum atomic E-state index is 9.89. The van der Waals surface area contributed by atoms with E-state index in [1.165, 1.54) is 0 Å². The van der Waals surface area contributed by atoms with E-state index in [1.807, 2.05) is 19.6 Å². The van der Waals surface area contributed by atoms with Gasteiger partial charge in [-0.25, -0.2) is 0 Å². The van der Waals surface area contributed by atoms with Gasteiger partial charge in [0.05, 0.1) is 0 Å². The summed E-state index contributed by atoms with van der Waals surface area (Å²) in [7, 11) is -1.47. The van der Waals surface area contributed by atoms with Crippen LogP contribution in [0.1, 0.15) is 0 Å². The smallest absolute Gasteiger partial charge is 0.130 e. The van der Waals surface area contributed by atoms with Crippen LogP contribution < -0.4 is 0 Å². The van der Waals surface area contributed by atoms with Crippen molar-refractivity contribution < 1.29 is 8.76 Å². The Morgan fingerprint density at radius 1 is 1.44 bits per heavy atom. The Morgan fingerprint density at radius 2 is 1.89 bits per heavy atom. The minimum atomic E-state index is -2.19. The van der Waals surface area contributed by atoms with E-state index in [4.69, 9.17) is 0 Å². The third kappa shape index (κ3) is 7.89. The first-order chi connectivity index (χ1) is 3.92. The Balaban J connectivity index is 4.04. The van der Waals surface area contributed by atoms with Crippen LogP contribution in [0.5, 0.6) is 0 Å². The molecule has 4 heteroatoms. The molecule has 0 heterocycles. The van der Waals surface area contributed by atoms with Crippen molar-refractivity contribution in [1.29, 1.82) is 0 Å². The van der Waals surface area contributed by atoms with Crippen molar-refractivity contribution in [2.75, 3.05) is 0 Å². The summed E-state index contributed by atoms with van der Waals surface area (Å²) in [6.45, 7) is 5.98. The van der Waals surface area contributed by atoms with Crippen molar-refractivity contribution in [2.45, 2.75) is 19.6 Å². The van der Waals surface area contributed by atoms with Crippen molar-refractivity contribution in [3.05, 3.63) is 0 Å². The Bertz CT molecular complexity index is 172. The normalized spacial score (nSPS) is 13.8. The molecule has 9 heavy (non-hydrogen) atoms. The largest absolute Gasteiger partial charge is 0.762 e. The minimum absolute atomic E-state index is 1.47. The topological polar surface area (TPSA) is 40.1 Å². The summed E-state index contributed by atoms with van der Waals surface area (Å²) in [5.41, 5.74) is 2.70. The molecule has 0 fully saturated rings. The fraction of sp³-hybridized carbons (Fsp3) is 0.600. The highest BCUT2D eigenvalue weighted by molar-refractivity contribution is 7.84.